The quantitative estimate of drug-likeness (QED) is 0.323. The first kappa shape index (κ1) is 18.4. The summed E-state index contributed by atoms with van der Waals surface area (Å²) in [6.45, 7) is 2.25. The molecule has 0 saturated heterocycles. The average molecular weight is 435 g/mol. The van der Waals surface area contributed by atoms with Gasteiger partial charge in [-0.25, -0.2) is 4.39 Å². The minimum atomic E-state index is -0.433. The van der Waals surface area contributed by atoms with Crippen molar-refractivity contribution in [1.82, 2.24) is 20.2 Å². The fraction of sp³-hybridized carbons (Fsp3) is 0.130. The highest BCUT2D eigenvalue weighted by molar-refractivity contribution is 6.39. The van der Waals surface area contributed by atoms with Crippen molar-refractivity contribution in [2.45, 2.75) is 13.1 Å². The zero-order valence-corrected chi connectivity index (χ0v) is 17.0. The van der Waals surface area contributed by atoms with E-state index in [9.17, 15) is 14.0 Å². The number of rotatable bonds is 0. The molecule has 31 heavy (non-hydrogen) atoms. The molecule has 2 aliphatic heterocycles. The molecule has 3 aromatic carbocycles. The molecule has 2 aliphatic rings. The van der Waals surface area contributed by atoms with E-state index in [1.54, 1.807) is 6.07 Å². The van der Waals surface area contributed by atoms with Crippen LogP contribution in [-0.4, -0.2) is 27.9 Å². The Balaban J connectivity index is 0.00000185. The van der Waals surface area contributed by atoms with Gasteiger partial charge in [-0.05, 0) is 23.8 Å². The minimum Gasteiger partial charge on any atom is -0.353 e. The van der Waals surface area contributed by atoms with E-state index in [4.69, 9.17) is 0 Å². The van der Waals surface area contributed by atoms with Crippen LogP contribution in [0.4, 0.5) is 4.39 Å². The second kappa shape index (κ2) is 6.06. The number of fused-ring (bicyclic) bond motifs is 10. The van der Waals surface area contributed by atoms with E-state index in [2.05, 4.69) is 26.3 Å². The van der Waals surface area contributed by atoms with Crippen LogP contribution in [0.5, 0.6) is 0 Å². The minimum absolute atomic E-state index is 0. The number of carbonyl (C=O) groups is 2. The number of carbonyl (C=O) groups excluding carboxylic acids is 2. The molecule has 0 fully saturated rings. The lowest BCUT2D eigenvalue weighted by Gasteiger charge is -2.08. The van der Waals surface area contributed by atoms with Gasteiger partial charge < -0.3 is 14.9 Å². The van der Waals surface area contributed by atoms with E-state index < -0.39 is 11.8 Å². The number of aromatic amines is 1. The third-order valence-electron chi connectivity index (χ3n) is 6.42. The summed E-state index contributed by atoms with van der Waals surface area (Å²) in [7, 11) is 0. The van der Waals surface area contributed by atoms with Gasteiger partial charge >= 0.3 is 0 Å². The number of amides is 2. The van der Waals surface area contributed by atoms with Gasteiger partial charge in [0, 0.05) is 46.7 Å². The maximum Gasteiger partial charge on any atom is 0.259 e. The molecule has 0 bridgehead atoms. The number of hydrogen-bond acceptors (Lipinski definition) is 3. The molecule has 0 aliphatic carbocycles. The summed E-state index contributed by atoms with van der Waals surface area (Å²) in [5.41, 5.74) is 5.33. The number of nitrogens with zero attached hydrogens (tertiary/aromatic N) is 1. The Morgan fingerprint density at radius 3 is 2.58 bits per heavy atom. The van der Waals surface area contributed by atoms with Gasteiger partial charge in [-0.2, -0.15) is 0 Å². The van der Waals surface area contributed by atoms with Gasteiger partial charge in [-0.3, -0.25) is 14.9 Å². The van der Waals surface area contributed by atoms with Crippen LogP contribution < -0.4 is 10.6 Å². The summed E-state index contributed by atoms with van der Waals surface area (Å²) >= 11 is 0. The first-order valence-electron chi connectivity index (χ1n) is 9.90. The average Bonchev–Trinajstić information content (AvgIpc) is 3.28. The lowest BCUT2D eigenvalue weighted by Crippen LogP contribution is -2.20. The zero-order chi connectivity index (χ0) is 20.1. The molecule has 154 valence electrons. The molecular formula is C23H16ClFN4O2. The Hall–Kier alpha value is -3.42. The highest BCUT2D eigenvalue weighted by Crippen LogP contribution is 2.44. The van der Waals surface area contributed by atoms with E-state index in [1.807, 2.05) is 12.1 Å². The molecule has 0 atom stereocenters. The number of benzene rings is 3. The third-order valence-corrected chi connectivity index (χ3v) is 6.42. The predicted octanol–water partition coefficient (Wildman–Crippen LogP) is 3.98. The maximum absolute atomic E-state index is 14.1. The Morgan fingerprint density at radius 2 is 1.74 bits per heavy atom. The normalized spacial score (nSPS) is 15.5. The summed E-state index contributed by atoms with van der Waals surface area (Å²) in [6, 6.07) is 10.6. The van der Waals surface area contributed by atoms with Crippen LogP contribution in [0.2, 0.25) is 0 Å². The van der Waals surface area contributed by atoms with Crippen LogP contribution in [0.1, 0.15) is 26.3 Å². The molecule has 8 heteroatoms. The molecule has 0 unspecified atom stereocenters. The molecule has 2 amide bonds. The third kappa shape index (κ3) is 2.14. The second-order valence-electron chi connectivity index (χ2n) is 7.96. The first-order chi connectivity index (χ1) is 14.6. The van der Waals surface area contributed by atoms with Crippen molar-refractivity contribution >= 4 is 67.8 Å². The first-order valence-corrected chi connectivity index (χ1v) is 9.90. The molecule has 0 radical (unpaired) electrons. The van der Waals surface area contributed by atoms with Crippen molar-refractivity contribution in [1.29, 1.82) is 0 Å². The standard InChI is InChI=1S/C23H15FN4O2.ClH/c24-11-4-5-14-13(8-11)15-17-18(23(30)27-22(17)29)16-12-3-1-2-10-9-25-6-7-28(20(10)12)21(16)19(15)26-14;/h1-5,8,25-26H,6-7,9H2,(H,27,29,30);1H. The number of aromatic nitrogens is 2. The fourth-order valence-corrected chi connectivity index (χ4v) is 5.31. The molecule has 6 nitrogen and oxygen atoms in total. The summed E-state index contributed by atoms with van der Waals surface area (Å²) in [5.74, 6) is -1.21. The van der Waals surface area contributed by atoms with Gasteiger partial charge in [0.25, 0.3) is 11.8 Å². The second-order valence-corrected chi connectivity index (χ2v) is 7.96. The summed E-state index contributed by atoms with van der Waals surface area (Å²) in [5, 5.41) is 8.86. The lowest BCUT2D eigenvalue weighted by molar-refractivity contribution is 0.0880. The van der Waals surface area contributed by atoms with Crippen molar-refractivity contribution < 1.29 is 14.0 Å². The van der Waals surface area contributed by atoms with E-state index >= 15 is 0 Å². The number of imide groups is 1. The van der Waals surface area contributed by atoms with E-state index in [1.165, 1.54) is 12.1 Å². The molecule has 3 N–H and O–H groups in total. The highest BCUT2D eigenvalue weighted by atomic mass is 35.5. The van der Waals surface area contributed by atoms with Crippen molar-refractivity contribution in [2.75, 3.05) is 6.54 Å². The lowest BCUT2D eigenvalue weighted by atomic mass is 9.96. The predicted molar refractivity (Wildman–Crippen MR) is 120 cm³/mol. The number of para-hydroxylation sites is 1. The summed E-state index contributed by atoms with van der Waals surface area (Å²) in [4.78, 5) is 29.2. The molecule has 0 spiro atoms. The summed E-state index contributed by atoms with van der Waals surface area (Å²) in [6.07, 6.45) is 0. The van der Waals surface area contributed by atoms with E-state index in [-0.39, 0.29) is 18.2 Å². The van der Waals surface area contributed by atoms with Crippen LogP contribution >= 0.6 is 12.4 Å². The van der Waals surface area contributed by atoms with Crippen LogP contribution in [-0.2, 0) is 13.1 Å². The Labute approximate surface area is 180 Å². The van der Waals surface area contributed by atoms with Gasteiger partial charge in [0.15, 0.2) is 0 Å². The fourth-order valence-electron chi connectivity index (χ4n) is 5.31. The summed E-state index contributed by atoms with van der Waals surface area (Å²) < 4.78 is 16.3. The number of H-pyrrole nitrogens is 1. The van der Waals surface area contributed by atoms with E-state index in [0.29, 0.717) is 21.9 Å². The van der Waals surface area contributed by atoms with Gasteiger partial charge in [-0.15, -0.1) is 12.4 Å². The molecular weight excluding hydrogens is 419 g/mol. The Morgan fingerprint density at radius 1 is 0.935 bits per heavy atom. The van der Waals surface area contributed by atoms with Crippen LogP contribution in [0.3, 0.4) is 0 Å². The molecule has 7 rings (SSSR count). The van der Waals surface area contributed by atoms with Gasteiger partial charge in [0.2, 0.25) is 0 Å². The van der Waals surface area contributed by atoms with Gasteiger partial charge in [0.05, 0.1) is 27.7 Å². The Kier molecular flexibility index (Phi) is 3.59. The molecule has 4 heterocycles. The largest absolute Gasteiger partial charge is 0.353 e. The van der Waals surface area contributed by atoms with Crippen LogP contribution in [0.25, 0.3) is 43.6 Å². The monoisotopic (exact) mass is 434 g/mol. The number of hydrogen-bond donors (Lipinski definition) is 3. The Bertz CT molecular complexity index is 1630. The van der Waals surface area contributed by atoms with E-state index in [0.717, 1.165) is 58.0 Å². The highest BCUT2D eigenvalue weighted by Gasteiger charge is 2.36. The zero-order valence-electron chi connectivity index (χ0n) is 16.1. The SMILES string of the molecule is Cl.O=C1NC(=O)c2c1c1c3cc(F)ccc3[nH]c1c1c2c2cccc3c2n1CCNC3. The number of halogens is 2. The molecule has 2 aromatic heterocycles. The van der Waals surface area contributed by atoms with Gasteiger partial charge in [-0.1, -0.05) is 18.2 Å². The topological polar surface area (TPSA) is 78.9 Å². The van der Waals surface area contributed by atoms with Crippen LogP contribution in [0, 0.1) is 5.82 Å². The van der Waals surface area contributed by atoms with Gasteiger partial charge in [0.1, 0.15) is 5.82 Å². The van der Waals surface area contributed by atoms with Crippen LogP contribution in [0.15, 0.2) is 36.4 Å². The molecule has 5 aromatic rings. The smallest absolute Gasteiger partial charge is 0.259 e. The van der Waals surface area contributed by atoms with Crippen molar-refractivity contribution in [3.05, 3.63) is 58.9 Å². The maximum atomic E-state index is 14.1. The van der Waals surface area contributed by atoms with Crippen molar-refractivity contribution in [2.24, 2.45) is 0 Å². The van der Waals surface area contributed by atoms with Crippen molar-refractivity contribution in [3.63, 3.8) is 0 Å². The van der Waals surface area contributed by atoms with Crippen molar-refractivity contribution in [3.8, 4) is 0 Å². The number of nitrogens with one attached hydrogen (secondary N) is 3. The molecule has 0 saturated carbocycles.